The fourth-order valence-electron chi connectivity index (χ4n) is 5.82. The second-order valence-electron chi connectivity index (χ2n) is 8.39. The Balaban J connectivity index is 1.36. The van der Waals surface area contributed by atoms with Gasteiger partial charge >= 0.3 is 0 Å². The van der Waals surface area contributed by atoms with Crippen LogP contribution in [0.5, 0.6) is 5.75 Å². The summed E-state index contributed by atoms with van der Waals surface area (Å²) < 4.78 is 0. The molecule has 0 spiro atoms. The van der Waals surface area contributed by atoms with E-state index in [4.69, 9.17) is 35.4 Å². The van der Waals surface area contributed by atoms with Crippen molar-refractivity contribution in [2.24, 2.45) is 23.2 Å². The van der Waals surface area contributed by atoms with Crippen LogP contribution < -0.4 is 10.6 Å². The van der Waals surface area contributed by atoms with Crippen molar-refractivity contribution < 1.29 is 9.90 Å². The summed E-state index contributed by atoms with van der Waals surface area (Å²) in [5, 5.41) is 15.8. The van der Waals surface area contributed by atoms with Gasteiger partial charge in [0.2, 0.25) is 5.91 Å². The van der Waals surface area contributed by atoms with Gasteiger partial charge in [0.25, 0.3) is 0 Å². The maximum absolute atomic E-state index is 12.6. The lowest BCUT2D eigenvalue weighted by Gasteiger charge is -2.56. The Bertz CT molecular complexity index is 710. The summed E-state index contributed by atoms with van der Waals surface area (Å²) in [5.74, 6) is 2.26. The van der Waals surface area contributed by atoms with E-state index in [-0.39, 0.29) is 32.2 Å². The first kappa shape index (κ1) is 18.3. The molecule has 0 aliphatic heterocycles. The number of aromatic hydroxyl groups is 1. The Labute approximate surface area is 168 Å². The minimum atomic E-state index is -0.171. The van der Waals surface area contributed by atoms with Crippen molar-refractivity contribution in [1.82, 2.24) is 5.32 Å². The molecule has 26 heavy (non-hydrogen) atoms. The van der Waals surface area contributed by atoms with Crippen LogP contribution >= 0.6 is 35.4 Å². The molecule has 0 saturated heterocycles. The molecule has 0 unspecified atom stereocenters. The Kier molecular flexibility index (Phi) is 4.82. The standard InChI is InChI=1S/C19H22Cl2N2O2S/c20-14-4-13(5-15(21)17(14)25)22-18(26)23-16(24)9-19-6-10-1-11(7-19)3-12(2-10)8-19/h4-5,10-12,25H,1-3,6-9H2,(H2,22,23,24,26). The quantitative estimate of drug-likeness (QED) is 0.476. The third kappa shape index (κ3) is 3.67. The van der Waals surface area contributed by atoms with E-state index in [0.29, 0.717) is 12.1 Å². The van der Waals surface area contributed by atoms with Gasteiger partial charge in [-0.15, -0.1) is 0 Å². The fourth-order valence-corrected chi connectivity index (χ4v) is 6.54. The molecule has 0 radical (unpaired) electrons. The molecular formula is C19H22Cl2N2O2S. The molecule has 4 bridgehead atoms. The van der Waals surface area contributed by atoms with Gasteiger partial charge in [-0.1, -0.05) is 23.2 Å². The number of hydrogen-bond donors (Lipinski definition) is 3. The molecule has 4 fully saturated rings. The van der Waals surface area contributed by atoms with Gasteiger partial charge in [-0.25, -0.2) is 0 Å². The third-order valence-electron chi connectivity index (χ3n) is 6.23. The van der Waals surface area contributed by atoms with Crippen molar-refractivity contribution in [2.75, 3.05) is 5.32 Å². The molecule has 3 N–H and O–H groups in total. The van der Waals surface area contributed by atoms with Crippen LogP contribution in [0.3, 0.4) is 0 Å². The molecule has 4 aliphatic rings. The summed E-state index contributed by atoms with van der Waals surface area (Å²) >= 11 is 17.1. The van der Waals surface area contributed by atoms with Crippen LogP contribution in [-0.4, -0.2) is 16.1 Å². The van der Waals surface area contributed by atoms with Crippen molar-refractivity contribution in [3.8, 4) is 5.75 Å². The zero-order chi connectivity index (χ0) is 18.5. The minimum Gasteiger partial charge on any atom is -0.505 e. The highest BCUT2D eigenvalue weighted by atomic mass is 35.5. The largest absolute Gasteiger partial charge is 0.505 e. The van der Waals surface area contributed by atoms with E-state index in [1.54, 1.807) is 0 Å². The van der Waals surface area contributed by atoms with Crippen LogP contribution in [0.1, 0.15) is 44.9 Å². The average molecular weight is 413 g/mol. The molecule has 0 atom stereocenters. The Hall–Kier alpha value is -1.04. The van der Waals surface area contributed by atoms with E-state index in [1.807, 2.05) is 0 Å². The summed E-state index contributed by atoms with van der Waals surface area (Å²) in [6, 6.07) is 3.03. The zero-order valence-corrected chi connectivity index (χ0v) is 16.7. The van der Waals surface area contributed by atoms with Crippen LogP contribution in [0.4, 0.5) is 5.69 Å². The van der Waals surface area contributed by atoms with Crippen LogP contribution in [-0.2, 0) is 4.79 Å². The molecule has 0 aromatic heterocycles. The molecular weight excluding hydrogens is 391 g/mol. The van der Waals surface area contributed by atoms with E-state index in [2.05, 4.69) is 10.6 Å². The number of phenolic OH excluding ortho intramolecular Hbond substituents is 1. The van der Waals surface area contributed by atoms with Gasteiger partial charge in [-0.2, -0.15) is 0 Å². The number of rotatable bonds is 3. The summed E-state index contributed by atoms with van der Waals surface area (Å²) in [4.78, 5) is 12.6. The van der Waals surface area contributed by atoms with E-state index in [1.165, 1.54) is 50.7 Å². The van der Waals surface area contributed by atoms with E-state index < -0.39 is 0 Å². The van der Waals surface area contributed by atoms with Gasteiger partial charge in [0.1, 0.15) is 0 Å². The van der Waals surface area contributed by atoms with Crippen LogP contribution in [0.15, 0.2) is 12.1 Å². The second kappa shape index (κ2) is 6.84. The number of hydrogen-bond acceptors (Lipinski definition) is 3. The summed E-state index contributed by atoms with van der Waals surface area (Å²) in [5.41, 5.74) is 0.706. The molecule has 7 heteroatoms. The summed E-state index contributed by atoms with van der Waals surface area (Å²) in [6.07, 6.45) is 8.21. The number of halogens is 2. The lowest BCUT2D eigenvalue weighted by Crippen LogP contribution is -2.48. The number of phenols is 1. The number of thiocarbonyl (C=S) groups is 1. The van der Waals surface area contributed by atoms with Gasteiger partial charge in [-0.05, 0) is 86.0 Å². The maximum Gasteiger partial charge on any atom is 0.226 e. The van der Waals surface area contributed by atoms with Gasteiger partial charge in [0.15, 0.2) is 10.9 Å². The van der Waals surface area contributed by atoms with Crippen molar-refractivity contribution in [3.05, 3.63) is 22.2 Å². The first-order valence-electron chi connectivity index (χ1n) is 9.11. The van der Waals surface area contributed by atoms with Gasteiger partial charge in [-0.3, -0.25) is 4.79 Å². The molecule has 1 aromatic rings. The first-order chi connectivity index (χ1) is 12.3. The van der Waals surface area contributed by atoms with Crippen molar-refractivity contribution >= 4 is 52.1 Å². The van der Waals surface area contributed by atoms with Crippen molar-refractivity contribution in [1.29, 1.82) is 0 Å². The predicted molar refractivity (Wildman–Crippen MR) is 108 cm³/mol. The zero-order valence-electron chi connectivity index (χ0n) is 14.4. The van der Waals surface area contributed by atoms with E-state index >= 15 is 0 Å². The molecule has 1 aromatic carbocycles. The number of amides is 1. The van der Waals surface area contributed by atoms with Crippen LogP contribution in [0, 0.1) is 23.2 Å². The Morgan fingerprint density at radius 1 is 1.12 bits per heavy atom. The Morgan fingerprint density at radius 3 is 2.12 bits per heavy atom. The van der Waals surface area contributed by atoms with Crippen molar-refractivity contribution in [2.45, 2.75) is 44.9 Å². The third-order valence-corrected chi connectivity index (χ3v) is 7.01. The number of carbonyl (C=O) groups excluding carboxylic acids is 1. The lowest BCUT2D eigenvalue weighted by molar-refractivity contribution is -0.127. The van der Waals surface area contributed by atoms with Gasteiger partial charge in [0, 0.05) is 12.1 Å². The average Bonchev–Trinajstić information content (AvgIpc) is 2.50. The number of anilines is 1. The van der Waals surface area contributed by atoms with Gasteiger partial charge < -0.3 is 15.7 Å². The molecule has 140 valence electrons. The van der Waals surface area contributed by atoms with E-state index in [0.717, 1.165) is 17.8 Å². The summed E-state index contributed by atoms with van der Waals surface area (Å²) in [6.45, 7) is 0. The SMILES string of the molecule is O=C(CC12CC3CC(CC(C3)C1)C2)NC(=S)Nc1cc(Cl)c(O)c(Cl)c1. The topological polar surface area (TPSA) is 61.4 Å². The minimum absolute atomic E-state index is 0.0274. The smallest absolute Gasteiger partial charge is 0.226 e. The van der Waals surface area contributed by atoms with Crippen LogP contribution in [0.25, 0.3) is 0 Å². The molecule has 5 rings (SSSR count). The summed E-state index contributed by atoms with van der Waals surface area (Å²) in [7, 11) is 0. The van der Waals surface area contributed by atoms with Crippen molar-refractivity contribution in [3.63, 3.8) is 0 Å². The molecule has 4 aliphatic carbocycles. The number of benzene rings is 1. The monoisotopic (exact) mass is 412 g/mol. The fraction of sp³-hybridized carbons (Fsp3) is 0.579. The first-order valence-corrected chi connectivity index (χ1v) is 10.3. The molecule has 4 nitrogen and oxygen atoms in total. The predicted octanol–water partition coefficient (Wildman–Crippen LogP) is 5.12. The molecule has 1 amide bonds. The number of nitrogens with one attached hydrogen (secondary N) is 2. The molecule has 0 heterocycles. The highest BCUT2D eigenvalue weighted by molar-refractivity contribution is 7.80. The Morgan fingerprint density at radius 2 is 1.62 bits per heavy atom. The lowest BCUT2D eigenvalue weighted by atomic mass is 9.49. The highest BCUT2D eigenvalue weighted by Gasteiger charge is 2.51. The normalized spacial score (nSPS) is 31.7. The second-order valence-corrected chi connectivity index (χ2v) is 9.61. The highest BCUT2D eigenvalue weighted by Crippen LogP contribution is 2.61. The van der Waals surface area contributed by atoms with Gasteiger partial charge in [0.05, 0.1) is 10.0 Å². The maximum atomic E-state index is 12.6. The number of carbonyl (C=O) groups is 1. The van der Waals surface area contributed by atoms with E-state index in [9.17, 15) is 9.90 Å². The van der Waals surface area contributed by atoms with Crippen LogP contribution in [0.2, 0.25) is 10.0 Å². The molecule has 4 saturated carbocycles.